The van der Waals surface area contributed by atoms with Crippen LogP contribution in [0.2, 0.25) is 0 Å². The number of nitrogens with two attached hydrogens (primary N) is 1. The van der Waals surface area contributed by atoms with Crippen molar-refractivity contribution in [2.24, 2.45) is 5.73 Å². The summed E-state index contributed by atoms with van der Waals surface area (Å²) in [7, 11) is 0. The van der Waals surface area contributed by atoms with Gasteiger partial charge in [-0.05, 0) is 52.6 Å². The van der Waals surface area contributed by atoms with Crippen molar-refractivity contribution in [3.63, 3.8) is 0 Å². The van der Waals surface area contributed by atoms with E-state index in [0.29, 0.717) is 0 Å². The number of hydrogen-bond acceptors (Lipinski definition) is 1. The highest BCUT2D eigenvalue weighted by Gasteiger charge is 2.15. The minimum Gasteiger partial charge on any atom is -0.320 e. The van der Waals surface area contributed by atoms with E-state index in [-0.39, 0.29) is 6.04 Å². The lowest BCUT2D eigenvalue weighted by Gasteiger charge is -2.18. The molecule has 1 unspecified atom stereocenters. The number of aryl methyl sites for hydroxylation is 1. The summed E-state index contributed by atoms with van der Waals surface area (Å²) in [6, 6.07) is 18.6. The van der Waals surface area contributed by atoms with Crippen LogP contribution in [0.25, 0.3) is 10.8 Å². The first-order valence-corrected chi connectivity index (χ1v) is 8.35. The monoisotopic (exact) mass is 403 g/mol. The Morgan fingerprint density at radius 1 is 0.857 bits per heavy atom. The Hall–Kier alpha value is -1.16. The van der Waals surface area contributed by atoms with Gasteiger partial charge >= 0.3 is 0 Å². The van der Waals surface area contributed by atoms with Gasteiger partial charge in [0.15, 0.2) is 0 Å². The van der Waals surface area contributed by atoms with Crippen LogP contribution >= 0.6 is 31.9 Å². The van der Waals surface area contributed by atoms with Gasteiger partial charge in [-0.3, -0.25) is 0 Å². The second-order valence-electron chi connectivity index (χ2n) is 5.16. The van der Waals surface area contributed by atoms with E-state index in [1.165, 1.54) is 16.3 Å². The first kappa shape index (κ1) is 14.8. The molecular weight excluding hydrogens is 390 g/mol. The van der Waals surface area contributed by atoms with Gasteiger partial charge in [-0.15, -0.1) is 0 Å². The van der Waals surface area contributed by atoms with Crippen molar-refractivity contribution in [3.05, 3.63) is 80.2 Å². The molecule has 0 radical (unpaired) electrons. The third-order valence-corrected chi connectivity index (χ3v) is 5.02. The molecule has 1 atom stereocenters. The third-order valence-electron chi connectivity index (χ3n) is 3.80. The molecule has 3 rings (SSSR count). The average molecular weight is 405 g/mol. The zero-order valence-electron chi connectivity index (χ0n) is 11.6. The second kappa shape index (κ2) is 5.91. The predicted molar refractivity (Wildman–Crippen MR) is 96.6 cm³/mol. The molecule has 0 aromatic heterocycles. The lowest BCUT2D eigenvalue weighted by molar-refractivity contribution is 0.873. The fraction of sp³-hybridized carbons (Fsp3) is 0.111. The van der Waals surface area contributed by atoms with Gasteiger partial charge in [-0.25, -0.2) is 0 Å². The smallest absolute Gasteiger partial charge is 0.0569 e. The number of rotatable bonds is 2. The molecule has 2 N–H and O–H groups in total. The Labute approximate surface area is 141 Å². The second-order valence-corrected chi connectivity index (χ2v) is 6.93. The minimum atomic E-state index is -0.164. The lowest BCUT2D eigenvalue weighted by Crippen LogP contribution is -2.13. The Morgan fingerprint density at radius 2 is 1.57 bits per heavy atom. The Balaban J connectivity index is 2.20. The van der Waals surface area contributed by atoms with E-state index in [9.17, 15) is 0 Å². The molecule has 0 saturated carbocycles. The summed E-state index contributed by atoms with van der Waals surface area (Å²) in [5, 5.41) is 2.48. The predicted octanol–water partition coefficient (Wildman–Crippen LogP) is 5.72. The fourth-order valence-corrected chi connectivity index (χ4v) is 3.54. The van der Waals surface area contributed by atoms with E-state index in [1.54, 1.807) is 0 Å². The average Bonchev–Trinajstić information content (AvgIpc) is 2.50. The molecule has 1 nitrogen and oxygen atoms in total. The quantitative estimate of drug-likeness (QED) is 0.580. The highest BCUT2D eigenvalue weighted by atomic mass is 79.9. The van der Waals surface area contributed by atoms with Crippen molar-refractivity contribution >= 4 is 42.6 Å². The van der Waals surface area contributed by atoms with Gasteiger partial charge in [0.1, 0.15) is 0 Å². The molecule has 0 amide bonds. The van der Waals surface area contributed by atoms with Crippen LogP contribution in [0.15, 0.2) is 63.5 Å². The summed E-state index contributed by atoms with van der Waals surface area (Å²) in [5.41, 5.74) is 10.1. The lowest BCUT2D eigenvalue weighted by atomic mass is 9.92. The van der Waals surface area contributed by atoms with Crippen LogP contribution in [0.1, 0.15) is 22.7 Å². The molecule has 3 aromatic rings. The minimum absolute atomic E-state index is 0.164. The summed E-state index contributed by atoms with van der Waals surface area (Å²) >= 11 is 7.13. The van der Waals surface area contributed by atoms with Crippen LogP contribution in [0.3, 0.4) is 0 Å². The van der Waals surface area contributed by atoms with Crippen molar-refractivity contribution in [2.45, 2.75) is 13.0 Å². The number of fused-ring (bicyclic) bond motifs is 1. The molecule has 0 aliphatic rings. The summed E-state index contributed by atoms with van der Waals surface area (Å²) < 4.78 is 2.07. The molecule has 0 saturated heterocycles. The first-order chi connectivity index (χ1) is 10.1. The SMILES string of the molecule is Cc1ccc(C(N)c2cc(Br)ccc2Br)c2ccccc12. The van der Waals surface area contributed by atoms with Gasteiger partial charge in [0.05, 0.1) is 6.04 Å². The Bertz CT molecular complexity index is 811. The maximum Gasteiger partial charge on any atom is 0.0569 e. The maximum absolute atomic E-state index is 6.55. The van der Waals surface area contributed by atoms with Crippen LogP contribution in [0.4, 0.5) is 0 Å². The van der Waals surface area contributed by atoms with Gasteiger partial charge < -0.3 is 5.73 Å². The van der Waals surface area contributed by atoms with E-state index >= 15 is 0 Å². The molecule has 21 heavy (non-hydrogen) atoms. The molecule has 0 fully saturated rings. The maximum atomic E-state index is 6.55. The third kappa shape index (κ3) is 2.78. The van der Waals surface area contributed by atoms with Crippen molar-refractivity contribution < 1.29 is 0 Å². The van der Waals surface area contributed by atoms with Crippen molar-refractivity contribution in [1.29, 1.82) is 0 Å². The normalized spacial score (nSPS) is 12.6. The summed E-state index contributed by atoms with van der Waals surface area (Å²) in [4.78, 5) is 0. The largest absolute Gasteiger partial charge is 0.320 e. The van der Waals surface area contributed by atoms with Crippen LogP contribution in [0, 0.1) is 6.92 Å². The highest BCUT2D eigenvalue weighted by Crippen LogP contribution is 2.33. The zero-order chi connectivity index (χ0) is 15.0. The molecule has 0 heterocycles. The fourth-order valence-electron chi connectivity index (χ4n) is 2.66. The summed E-state index contributed by atoms with van der Waals surface area (Å²) in [6.07, 6.45) is 0. The summed E-state index contributed by atoms with van der Waals surface area (Å²) in [6.45, 7) is 2.13. The van der Waals surface area contributed by atoms with Gasteiger partial charge in [0.2, 0.25) is 0 Å². The molecule has 3 aromatic carbocycles. The molecule has 0 aliphatic carbocycles. The molecule has 0 aliphatic heterocycles. The van der Waals surface area contributed by atoms with E-state index in [2.05, 4.69) is 81.2 Å². The van der Waals surface area contributed by atoms with Gasteiger partial charge in [0, 0.05) is 8.95 Å². The van der Waals surface area contributed by atoms with Crippen molar-refractivity contribution in [1.82, 2.24) is 0 Å². The van der Waals surface area contributed by atoms with Crippen LogP contribution < -0.4 is 5.73 Å². The zero-order valence-corrected chi connectivity index (χ0v) is 14.8. The van der Waals surface area contributed by atoms with Gasteiger partial charge in [-0.1, -0.05) is 68.3 Å². The number of hydrogen-bond donors (Lipinski definition) is 1. The highest BCUT2D eigenvalue weighted by molar-refractivity contribution is 9.11. The van der Waals surface area contributed by atoms with Crippen LogP contribution in [-0.2, 0) is 0 Å². The molecule has 106 valence electrons. The van der Waals surface area contributed by atoms with Crippen molar-refractivity contribution in [2.75, 3.05) is 0 Å². The van der Waals surface area contributed by atoms with E-state index in [0.717, 1.165) is 20.1 Å². The van der Waals surface area contributed by atoms with E-state index in [1.807, 2.05) is 12.1 Å². The van der Waals surface area contributed by atoms with Crippen molar-refractivity contribution in [3.8, 4) is 0 Å². The first-order valence-electron chi connectivity index (χ1n) is 6.76. The number of benzene rings is 3. The summed E-state index contributed by atoms with van der Waals surface area (Å²) in [5.74, 6) is 0. The van der Waals surface area contributed by atoms with Crippen LogP contribution in [-0.4, -0.2) is 0 Å². The van der Waals surface area contributed by atoms with E-state index in [4.69, 9.17) is 5.73 Å². The van der Waals surface area contributed by atoms with Gasteiger partial charge in [-0.2, -0.15) is 0 Å². The van der Waals surface area contributed by atoms with Crippen LogP contribution in [0.5, 0.6) is 0 Å². The van der Waals surface area contributed by atoms with E-state index < -0.39 is 0 Å². The standard InChI is InChI=1S/C18H15Br2N/c1-11-6-8-15(14-5-3-2-4-13(11)14)18(21)16-10-12(19)7-9-17(16)20/h2-10,18H,21H2,1H3. The molecule has 0 spiro atoms. The molecule has 3 heteroatoms. The molecular formula is C18H15Br2N. The Kier molecular flexibility index (Phi) is 4.16. The topological polar surface area (TPSA) is 26.0 Å². The number of halogens is 2. The Morgan fingerprint density at radius 3 is 2.33 bits per heavy atom. The molecule has 0 bridgehead atoms. The van der Waals surface area contributed by atoms with Gasteiger partial charge in [0.25, 0.3) is 0 Å².